The molecule has 1 aliphatic rings. The highest BCUT2D eigenvalue weighted by Gasteiger charge is 2.21. The summed E-state index contributed by atoms with van der Waals surface area (Å²) in [6.45, 7) is 0. The molecule has 4 rings (SSSR count). The second-order valence-electron chi connectivity index (χ2n) is 7.82. The Balaban J connectivity index is 1.54. The number of aromatic nitrogens is 2. The van der Waals surface area contributed by atoms with Crippen LogP contribution in [0.25, 0.3) is 0 Å². The molecule has 1 aromatic carbocycles. The highest BCUT2D eigenvalue weighted by atomic mass is 32.2. The van der Waals surface area contributed by atoms with Crippen molar-refractivity contribution in [3.8, 4) is 0 Å². The normalized spacial score (nSPS) is 13.4. The molecule has 182 valence electrons. The van der Waals surface area contributed by atoms with Crippen LogP contribution in [0.5, 0.6) is 0 Å². The number of thioether (sulfide) groups is 1. The molecule has 3 aromatic rings. The molecule has 3 amide bonds. The van der Waals surface area contributed by atoms with Gasteiger partial charge in [0.1, 0.15) is 5.82 Å². The number of halogens is 1. The second-order valence-corrected chi connectivity index (χ2v) is 8.79. The van der Waals surface area contributed by atoms with Gasteiger partial charge in [-0.2, -0.15) is 0 Å². The molecule has 0 atom stereocenters. The van der Waals surface area contributed by atoms with Gasteiger partial charge in [0.25, 0.3) is 17.4 Å². The van der Waals surface area contributed by atoms with E-state index in [1.54, 1.807) is 0 Å². The van der Waals surface area contributed by atoms with Crippen molar-refractivity contribution in [1.29, 1.82) is 0 Å². The van der Waals surface area contributed by atoms with E-state index in [4.69, 9.17) is 4.42 Å². The highest BCUT2D eigenvalue weighted by Crippen LogP contribution is 2.22. The number of aromatic amines is 1. The number of benzene rings is 1. The largest absolute Gasteiger partial charge is 0.459 e. The molecule has 0 unspecified atom stereocenters. The molecule has 1 fully saturated rings. The third kappa shape index (κ3) is 6.35. The fourth-order valence-electron chi connectivity index (χ4n) is 3.56. The van der Waals surface area contributed by atoms with E-state index in [1.165, 1.54) is 30.5 Å². The first-order valence-electron chi connectivity index (χ1n) is 10.9. The van der Waals surface area contributed by atoms with Crippen LogP contribution < -0.4 is 21.5 Å². The van der Waals surface area contributed by atoms with Gasteiger partial charge in [-0.3, -0.25) is 24.2 Å². The quantitative estimate of drug-likeness (QED) is 0.275. The molecule has 1 saturated carbocycles. The number of amides is 3. The first-order chi connectivity index (χ1) is 16.9. The number of nitrogens with zero attached hydrogens (tertiary/aromatic N) is 1. The Morgan fingerprint density at radius 3 is 2.51 bits per heavy atom. The lowest BCUT2D eigenvalue weighted by atomic mass is 10.2. The molecule has 0 spiro atoms. The third-order valence-electron chi connectivity index (χ3n) is 5.28. The summed E-state index contributed by atoms with van der Waals surface area (Å²) in [4.78, 5) is 56.9. The van der Waals surface area contributed by atoms with Gasteiger partial charge < -0.3 is 20.4 Å². The van der Waals surface area contributed by atoms with Gasteiger partial charge in [-0.25, -0.2) is 9.37 Å². The van der Waals surface area contributed by atoms with Gasteiger partial charge >= 0.3 is 0 Å². The average Bonchev–Trinajstić information content (AvgIpc) is 3.55. The monoisotopic (exact) mass is 499 g/mol. The van der Waals surface area contributed by atoms with Crippen LogP contribution in [0.2, 0.25) is 0 Å². The summed E-state index contributed by atoms with van der Waals surface area (Å²) in [5.74, 6) is -2.38. The molecular weight excluding hydrogens is 477 g/mol. The number of hydrogen-bond donors (Lipinski definition) is 4. The lowest BCUT2D eigenvalue weighted by molar-refractivity contribution is -0.119. The van der Waals surface area contributed by atoms with E-state index in [1.807, 2.05) is 0 Å². The molecular formula is C23H22FN5O5S. The van der Waals surface area contributed by atoms with Gasteiger partial charge in [0.05, 0.1) is 12.0 Å². The summed E-state index contributed by atoms with van der Waals surface area (Å²) in [5, 5.41) is 7.88. The standard InChI is InChI=1S/C23H22FN5O5S/c24-14-9-7-13(8-10-14)20(31)26-18-19(27-21(32)16-6-3-11-34-16)28-23(29-22(18)33)35-12-17(30)25-15-4-1-2-5-15/h3,6-11,15H,1-2,4-5,12H2,(H,25,30)(H,26,31)(H2,27,28,29,32,33). The molecule has 2 aromatic heterocycles. The van der Waals surface area contributed by atoms with Crippen LogP contribution >= 0.6 is 11.8 Å². The maximum absolute atomic E-state index is 13.2. The zero-order valence-corrected chi connectivity index (χ0v) is 19.2. The van der Waals surface area contributed by atoms with Crippen molar-refractivity contribution < 1.29 is 23.2 Å². The summed E-state index contributed by atoms with van der Waals surface area (Å²) >= 11 is 0.983. The topological polar surface area (TPSA) is 146 Å². The molecule has 2 heterocycles. The first-order valence-corrected chi connectivity index (χ1v) is 11.9. The van der Waals surface area contributed by atoms with Crippen LogP contribution in [-0.4, -0.2) is 39.5 Å². The Hall–Kier alpha value is -3.93. The number of hydrogen-bond acceptors (Lipinski definition) is 7. The molecule has 0 radical (unpaired) electrons. The Bertz CT molecular complexity index is 1270. The Kier molecular flexibility index (Phi) is 7.60. The van der Waals surface area contributed by atoms with Gasteiger partial charge in [-0.1, -0.05) is 24.6 Å². The van der Waals surface area contributed by atoms with E-state index in [2.05, 4.69) is 25.9 Å². The zero-order valence-electron chi connectivity index (χ0n) is 18.4. The van der Waals surface area contributed by atoms with Crippen molar-refractivity contribution in [1.82, 2.24) is 15.3 Å². The van der Waals surface area contributed by atoms with Gasteiger partial charge in [0, 0.05) is 11.6 Å². The van der Waals surface area contributed by atoms with E-state index in [0.717, 1.165) is 49.6 Å². The number of carbonyl (C=O) groups is 3. The maximum Gasteiger partial charge on any atom is 0.292 e. The fourth-order valence-corrected chi connectivity index (χ4v) is 4.24. The van der Waals surface area contributed by atoms with E-state index in [9.17, 15) is 23.6 Å². The third-order valence-corrected chi connectivity index (χ3v) is 6.15. The average molecular weight is 500 g/mol. The predicted molar refractivity (Wildman–Crippen MR) is 127 cm³/mol. The van der Waals surface area contributed by atoms with Crippen molar-refractivity contribution in [2.45, 2.75) is 36.9 Å². The minimum absolute atomic E-state index is 0.00625. The number of H-pyrrole nitrogens is 1. The van der Waals surface area contributed by atoms with E-state index < -0.39 is 23.2 Å². The van der Waals surface area contributed by atoms with E-state index in [0.29, 0.717) is 0 Å². The van der Waals surface area contributed by atoms with Crippen molar-refractivity contribution in [2.24, 2.45) is 0 Å². The summed E-state index contributed by atoms with van der Waals surface area (Å²) in [5.41, 5.74) is -0.973. The van der Waals surface area contributed by atoms with Gasteiger partial charge in [-0.15, -0.1) is 0 Å². The smallest absolute Gasteiger partial charge is 0.292 e. The molecule has 4 N–H and O–H groups in total. The van der Waals surface area contributed by atoms with E-state index >= 15 is 0 Å². The minimum Gasteiger partial charge on any atom is -0.459 e. The summed E-state index contributed by atoms with van der Waals surface area (Å²) in [7, 11) is 0. The molecule has 0 bridgehead atoms. The lowest BCUT2D eigenvalue weighted by Gasteiger charge is -2.13. The molecule has 0 aliphatic heterocycles. The summed E-state index contributed by atoms with van der Waals surface area (Å²) < 4.78 is 18.3. The summed E-state index contributed by atoms with van der Waals surface area (Å²) in [6, 6.07) is 7.80. The van der Waals surface area contributed by atoms with Gasteiger partial charge in [0.2, 0.25) is 5.91 Å². The second kappa shape index (κ2) is 11.0. The van der Waals surface area contributed by atoms with Crippen molar-refractivity contribution in [3.05, 3.63) is 70.2 Å². The van der Waals surface area contributed by atoms with Gasteiger partial charge in [0.15, 0.2) is 22.4 Å². The van der Waals surface area contributed by atoms with Crippen LogP contribution in [0.4, 0.5) is 15.9 Å². The molecule has 0 saturated heterocycles. The molecule has 12 heteroatoms. The zero-order chi connectivity index (χ0) is 24.8. The van der Waals surface area contributed by atoms with Crippen molar-refractivity contribution >= 4 is 41.0 Å². The lowest BCUT2D eigenvalue weighted by Crippen LogP contribution is -2.34. The Morgan fingerprint density at radius 2 is 1.83 bits per heavy atom. The maximum atomic E-state index is 13.2. The molecule has 35 heavy (non-hydrogen) atoms. The molecule has 10 nitrogen and oxygen atoms in total. The van der Waals surface area contributed by atoms with Crippen LogP contribution in [-0.2, 0) is 4.79 Å². The molecule has 1 aliphatic carbocycles. The summed E-state index contributed by atoms with van der Waals surface area (Å²) in [6.07, 6.45) is 5.35. The van der Waals surface area contributed by atoms with E-state index in [-0.39, 0.29) is 45.7 Å². The van der Waals surface area contributed by atoms with Crippen LogP contribution in [0.15, 0.2) is 57.0 Å². The predicted octanol–water partition coefficient (Wildman–Crippen LogP) is 3.16. The fraction of sp³-hybridized carbons (Fsp3) is 0.261. The SMILES string of the molecule is O=C(CSc1nc(NC(=O)c2ccco2)c(NC(=O)c2ccc(F)cc2)c(=O)[nH]1)NC1CCCC1. The number of carbonyl (C=O) groups excluding carboxylic acids is 3. The van der Waals surface area contributed by atoms with Crippen molar-refractivity contribution in [2.75, 3.05) is 16.4 Å². The number of nitrogens with one attached hydrogen (secondary N) is 4. The number of rotatable bonds is 8. The first kappa shape index (κ1) is 24.2. The Morgan fingerprint density at radius 1 is 1.09 bits per heavy atom. The highest BCUT2D eigenvalue weighted by molar-refractivity contribution is 7.99. The number of furan rings is 1. The number of anilines is 2. The Labute approximate surface area is 203 Å². The minimum atomic E-state index is -0.746. The van der Waals surface area contributed by atoms with Crippen LogP contribution in [0.3, 0.4) is 0 Å². The van der Waals surface area contributed by atoms with Gasteiger partial charge in [-0.05, 0) is 49.2 Å². The van der Waals surface area contributed by atoms with Crippen LogP contribution in [0, 0.1) is 5.82 Å². The van der Waals surface area contributed by atoms with Crippen LogP contribution in [0.1, 0.15) is 46.6 Å². The van der Waals surface area contributed by atoms with Crippen molar-refractivity contribution in [3.63, 3.8) is 0 Å².